The molecule has 0 atom stereocenters. The summed E-state index contributed by atoms with van der Waals surface area (Å²) in [5.41, 5.74) is 3.32. The van der Waals surface area contributed by atoms with E-state index in [9.17, 15) is 4.79 Å². The summed E-state index contributed by atoms with van der Waals surface area (Å²) in [6, 6.07) is 14.6. The van der Waals surface area contributed by atoms with Gasteiger partial charge in [-0.2, -0.15) is 0 Å². The minimum absolute atomic E-state index is 0.196. The summed E-state index contributed by atoms with van der Waals surface area (Å²) < 4.78 is 0. The number of aryl methyl sites for hydroxylation is 1. The summed E-state index contributed by atoms with van der Waals surface area (Å²) in [6.45, 7) is 2.81. The summed E-state index contributed by atoms with van der Waals surface area (Å²) in [5, 5.41) is 0. The largest absolute Gasteiger partial charge is 0.335 e. The number of carbonyl (C=O) groups is 1. The number of benzene rings is 1. The summed E-state index contributed by atoms with van der Waals surface area (Å²) in [4.78, 5) is 19.4. The van der Waals surface area contributed by atoms with Gasteiger partial charge in [-0.15, -0.1) is 0 Å². The zero-order valence-electron chi connectivity index (χ0n) is 14.4. The standard InChI is InChI=1S/C21H26N2O/c1-17-8-7-9-18(14-17)16-23(20-11-3-2-4-12-20)21(24)15-19-10-5-6-13-22-19/h5-10,13-14,20H,2-4,11-12,15-16H2,1H3. The van der Waals surface area contributed by atoms with Crippen molar-refractivity contribution in [3.63, 3.8) is 0 Å². The summed E-state index contributed by atoms with van der Waals surface area (Å²) in [6.07, 6.45) is 8.15. The zero-order valence-corrected chi connectivity index (χ0v) is 14.4. The van der Waals surface area contributed by atoms with Crippen LogP contribution in [0.5, 0.6) is 0 Å². The number of carbonyl (C=O) groups excluding carboxylic acids is 1. The first kappa shape index (κ1) is 16.7. The predicted octanol–water partition coefficient (Wildman–Crippen LogP) is 4.29. The van der Waals surface area contributed by atoms with E-state index in [2.05, 4.69) is 41.1 Å². The van der Waals surface area contributed by atoms with Gasteiger partial charge in [-0.25, -0.2) is 0 Å². The van der Waals surface area contributed by atoms with Gasteiger partial charge in [0, 0.05) is 24.5 Å². The van der Waals surface area contributed by atoms with Gasteiger partial charge in [0.2, 0.25) is 5.91 Å². The number of hydrogen-bond donors (Lipinski definition) is 0. The SMILES string of the molecule is Cc1cccc(CN(C(=O)Cc2ccccn2)C2CCCCC2)c1. The number of rotatable bonds is 5. The maximum absolute atomic E-state index is 13.0. The zero-order chi connectivity index (χ0) is 16.8. The third-order valence-corrected chi connectivity index (χ3v) is 4.83. The van der Waals surface area contributed by atoms with Crippen molar-refractivity contribution in [2.24, 2.45) is 0 Å². The van der Waals surface area contributed by atoms with E-state index in [0.29, 0.717) is 19.0 Å². The van der Waals surface area contributed by atoms with Crippen molar-refractivity contribution in [1.29, 1.82) is 0 Å². The number of aromatic nitrogens is 1. The fraction of sp³-hybridized carbons (Fsp3) is 0.429. The van der Waals surface area contributed by atoms with Gasteiger partial charge >= 0.3 is 0 Å². The van der Waals surface area contributed by atoms with Crippen LogP contribution in [0.25, 0.3) is 0 Å². The summed E-state index contributed by atoms with van der Waals surface area (Å²) in [5.74, 6) is 0.196. The Hall–Kier alpha value is -2.16. The molecule has 0 N–H and O–H groups in total. The van der Waals surface area contributed by atoms with Crippen molar-refractivity contribution in [3.05, 3.63) is 65.5 Å². The maximum Gasteiger partial charge on any atom is 0.229 e. The molecule has 2 aromatic rings. The van der Waals surface area contributed by atoms with Gasteiger partial charge in [-0.3, -0.25) is 9.78 Å². The molecule has 1 aliphatic carbocycles. The highest BCUT2D eigenvalue weighted by Crippen LogP contribution is 2.25. The monoisotopic (exact) mass is 322 g/mol. The average Bonchev–Trinajstić information content (AvgIpc) is 2.61. The first-order valence-corrected chi connectivity index (χ1v) is 8.97. The van der Waals surface area contributed by atoms with Crippen LogP contribution in [0, 0.1) is 6.92 Å². The topological polar surface area (TPSA) is 33.2 Å². The number of hydrogen-bond acceptors (Lipinski definition) is 2. The Morgan fingerprint density at radius 3 is 2.67 bits per heavy atom. The highest BCUT2D eigenvalue weighted by Gasteiger charge is 2.25. The molecular formula is C21H26N2O. The first-order valence-electron chi connectivity index (χ1n) is 8.97. The molecule has 0 radical (unpaired) electrons. The van der Waals surface area contributed by atoms with E-state index in [1.807, 2.05) is 18.2 Å². The Balaban J connectivity index is 1.77. The molecule has 3 heteroatoms. The van der Waals surface area contributed by atoms with Crippen LogP contribution in [0.4, 0.5) is 0 Å². The Bertz CT molecular complexity index is 663. The second-order valence-corrected chi connectivity index (χ2v) is 6.80. The molecule has 0 bridgehead atoms. The van der Waals surface area contributed by atoms with E-state index in [4.69, 9.17) is 0 Å². The van der Waals surface area contributed by atoms with Gasteiger partial charge in [0.25, 0.3) is 0 Å². The molecule has 3 nitrogen and oxygen atoms in total. The summed E-state index contributed by atoms with van der Waals surface area (Å²) in [7, 11) is 0. The maximum atomic E-state index is 13.0. The Kier molecular flexibility index (Phi) is 5.63. The lowest BCUT2D eigenvalue weighted by atomic mass is 9.93. The van der Waals surface area contributed by atoms with Crippen LogP contribution in [0.3, 0.4) is 0 Å². The minimum atomic E-state index is 0.196. The number of amides is 1. The van der Waals surface area contributed by atoms with Gasteiger partial charge in [-0.1, -0.05) is 55.2 Å². The molecule has 0 unspecified atom stereocenters. The Labute approximate surface area is 144 Å². The van der Waals surface area contributed by atoms with E-state index in [1.165, 1.54) is 30.4 Å². The quantitative estimate of drug-likeness (QED) is 0.822. The van der Waals surface area contributed by atoms with Crippen LogP contribution < -0.4 is 0 Å². The van der Waals surface area contributed by atoms with E-state index in [1.54, 1.807) is 6.20 Å². The van der Waals surface area contributed by atoms with Crippen LogP contribution in [0.2, 0.25) is 0 Å². The van der Waals surface area contributed by atoms with Gasteiger partial charge < -0.3 is 4.90 Å². The molecular weight excluding hydrogens is 296 g/mol. The normalized spacial score (nSPS) is 15.2. The van der Waals surface area contributed by atoms with Crippen LogP contribution in [0.1, 0.15) is 48.9 Å². The van der Waals surface area contributed by atoms with Crippen molar-refractivity contribution < 1.29 is 4.79 Å². The van der Waals surface area contributed by atoms with Crippen molar-refractivity contribution in [3.8, 4) is 0 Å². The number of nitrogens with zero attached hydrogens (tertiary/aromatic N) is 2. The Morgan fingerprint density at radius 2 is 1.96 bits per heavy atom. The van der Waals surface area contributed by atoms with Crippen molar-refractivity contribution in [2.75, 3.05) is 0 Å². The van der Waals surface area contributed by atoms with Gasteiger partial charge in [0.05, 0.1) is 6.42 Å². The third-order valence-electron chi connectivity index (χ3n) is 4.83. The highest BCUT2D eigenvalue weighted by molar-refractivity contribution is 5.78. The molecule has 1 aliphatic rings. The molecule has 1 heterocycles. The minimum Gasteiger partial charge on any atom is -0.335 e. The molecule has 1 aromatic carbocycles. The van der Waals surface area contributed by atoms with Gasteiger partial charge in [-0.05, 0) is 37.5 Å². The van der Waals surface area contributed by atoms with Crippen LogP contribution in [0.15, 0.2) is 48.7 Å². The Morgan fingerprint density at radius 1 is 1.12 bits per heavy atom. The van der Waals surface area contributed by atoms with E-state index in [0.717, 1.165) is 18.5 Å². The average molecular weight is 322 g/mol. The molecule has 0 spiro atoms. The molecule has 1 aromatic heterocycles. The van der Waals surface area contributed by atoms with Crippen LogP contribution >= 0.6 is 0 Å². The van der Waals surface area contributed by atoms with Crippen LogP contribution in [-0.2, 0) is 17.8 Å². The van der Waals surface area contributed by atoms with E-state index < -0.39 is 0 Å². The van der Waals surface area contributed by atoms with E-state index in [-0.39, 0.29) is 5.91 Å². The molecule has 0 saturated heterocycles. The first-order chi connectivity index (χ1) is 11.7. The second-order valence-electron chi connectivity index (χ2n) is 6.80. The lowest BCUT2D eigenvalue weighted by Gasteiger charge is -2.34. The molecule has 1 saturated carbocycles. The molecule has 126 valence electrons. The number of pyridine rings is 1. The van der Waals surface area contributed by atoms with Crippen LogP contribution in [-0.4, -0.2) is 21.8 Å². The van der Waals surface area contributed by atoms with Gasteiger partial charge in [0.1, 0.15) is 0 Å². The molecule has 24 heavy (non-hydrogen) atoms. The predicted molar refractivity (Wildman–Crippen MR) is 96.5 cm³/mol. The molecule has 3 rings (SSSR count). The van der Waals surface area contributed by atoms with Gasteiger partial charge in [0.15, 0.2) is 0 Å². The van der Waals surface area contributed by atoms with Crippen molar-refractivity contribution >= 4 is 5.91 Å². The molecule has 1 amide bonds. The smallest absolute Gasteiger partial charge is 0.229 e. The van der Waals surface area contributed by atoms with Crippen molar-refractivity contribution in [2.45, 2.75) is 58.0 Å². The molecule has 1 fully saturated rings. The lowest BCUT2D eigenvalue weighted by molar-refractivity contribution is -0.134. The van der Waals surface area contributed by atoms with Crippen molar-refractivity contribution in [1.82, 2.24) is 9.88 Å². The molecule has 0 aliphatic heterocycles. The van der Waals surface area contributed by atoms with E-state index >= 15 is 0 Å². The third kappa shape index (κ3) is 4.44. The fourth-order valence-corrected chi connectivity index (χ4v) is 3.58. The second kappa shape index (κ2) is 8.09. The lowest BCUT2D eigenvalue weighted by Crippen LogP contribution is -2.41. The fourth-order valence-electron chi connectivity index (χ4n) is 3.58. The highest BCUT2D eigenvalue weighted by atomic mass is 16.2. The summed E-state index contributed by atoms with van der Waals surface area (Å²) >= 11 is 0.